The highest BCUT2D eigenvalue weighted by molar-refractivity contribution is 9.10. The van der Waals surface area contributed by atoms with Crippen LogP contribution in [0.1, 0.15) is 11.1 Å². The Kier molecular flexibility index (Phi) is 3.93. The quantitative estimate of drug-likeness (QED) is 0.534. The molecule has 6 nitrogen and oxygen atoms in total. The molecule has 2 heterocycles. The molecular formula is C18H14BrN5O. The van der Waals surface area contributed by atoms with E-state index in [1.165, 1.54) is 0 Å². The van der Waals surface area contributed by atoms with Crippen molar-refractivity contribution >= 4 is 27.1 Å². The van der Waals surface area contributed by atoms with Crippen LogP contribution < -0.4 is 5.56 Å². The molecule has 0 aliphatic rings. The zero-order valence-electron chi connectivity index (χ0n) is 13.4. The number of rotatable bonds is 3. The van der Waals surface area contributed by atoms with E-state index < -0.39 is 0 Å². The second-order valence-corrected chi connectivity index (χ2v) is 6.73. The van der Waals surface area contributed by atoms with Crippen LogP contribution in [0.4, 0.5) is 0 Å². The molecule has 0 N–H and O–H groups in total. The third kappa shape index (κ3) is 2.98. The lowest BCUT2D eigenvalue weighted by molar-refractivity contribution is 0.745. The largest absolute Gasteiger partial charge is 0.293 e. The maximum absolute atomic E-state index is 12.7. The van der Waals surface area contributed by atoms with E-state index in [0.29, 0.717) is 12.2 Å². The Hall–Kier alpha value is -2.80. The first kappa shape index (κ1) is 15.7. The lowest BCUT2D eigenvalue weighted by atomic mass is 10.2. The van der Waals surface area contributed by atoms with Gasteiger partial charge in [-0.3, -0.25) is 9.36 Å². The van der Waals surface area contributed by atoms with Crippen LogP contribution in [0.25, 0.3) is 16.9 Å². The van der Waals surface area contributed by atoms with Gasteiger partial charge in [0.05, 0.1) is 12.2 Å². The molecule has 4 rings (SSSR count). The maximum Gasteiger partial charge on any atom is 0.283 e. The van der Waals surface area contributed by atoms with E-state index in [4.69, 9.17) is 0 Å². The van der Waals surface area contributed by atoms with Crippen molar-refractivity contribution in [3.05, 3.63) is 80.8 Å². The van der Waals surface area contributed by atoms with E-state index in [2.05, 4.69) is 31.2 Å². The van der Waals surface area contributed by atoms with Gasteiger partial charge in [0.2, 0.25) is 0 Å². The Morgan fingerprint density at radius 2 is 1.92 bits per heavy atom. The Bertz CT molecular complexity index is 1110. The number of fused-ring (bicyclic) bond motifs is 1. The first-order chi connectivity index (χ1) is 12.1. The van der Waals surface area contributed by atoms with Crippen molar-refractivity contribution in [2.45, 2.75) is 13.5 Å². The van der Waals surface area contributed by atoms with Gasteiger partial charge >= 0.3 is 0 Å². The molecule has 2 aromatic carbocycles. The van der Waals surface area contributed by atoms with Crippen LogP contribution in [0.2, 0.25) is 0 Å². The summed E-state index contributed by atoms with van der Waals surface area (Å²) in [5, 5.41) is 8.16. The van der Waals surface area contributed by atoms with Gasteiger partial charge in [-0.15, -0.1) is 5.10 Å². The van der Waals surface area contributed by atoms with Crippen molar-refractivity contribution in [2.24, 2.45) is 0 Å². The van der Waals surface area contributed by atoms with Crippen molar-refractivity contribution in [3.8, 4) is 5.69 Å². The van der Waals surface area contributed by atoms with Crippen LogP contribution in [-0.4, -0.2) is 24.5 Å². The monoisotopic (exact) mass is 395 g/mol. The Balaban J connectivity index is 1.77. The lowest BCUT2D eigenvalue weighted by Gasteiger charge is -2.06. The van der Waals surface area contributed by atoms with Crippen LogP contribution in [0.15, 0.2) is 64.1 Å². The predicted octanol–water partition coefficient (Wildman–Crippen LogP) is 3.10. The van der Waals surface area contributed by atoms with Gasteiger partial charge in [-0.1, -0.05) is 45.4 Å². The van der Waals surface area contributed by atoms with Gasteiger partial charge in [0, 0.05) is 4.47 Å². The van der Waals surface area contributed by atoms with E-state index in [9.17, 15) is 4.79 Å². The molecule has 7 heteroatoms. The van der Waals surface area contributed by atoms with Crippen LogP contribution in [-0.2, 0) is 6.54 Å². The molecule has 4 aromatic rings. The molecule has 124 valence electrons. The molecular weight excluding hydrogens is 382 g/mol. The molecule has 0 radical (unpaired) electrons. The highest BCUT2D eigenvalue weighted by Gasteiger charge is 2.13. The minimum atomic E-state index is -0.202. The maximum atomic E-state index is 12.7. The number of hydrogen-bond donors (Lipinski definition) is 0. The Morgan fingerprint density at radius 3 is 2.68 bits per heavy atom. The molecule has 2 aromatic heterocycles. The third-order valence-electron chi connectivity index (χ3n) is 3.94. The van der Waals surface area contributed by atoms with Crippen molar-refractivity contribution < 1.29 is 0 Å². The minimum Gasteiger partial charge on any atom is -0.293 e. The summed E-state index contributed by atoms with van der Waals surface area (Å²) in [7, 11) is 0. The van der Waals surface area contributed by atoms with Crippen LogP contribution >= 0.6 is 15.9 Å². The normalized spacial score (nSPS) is 11.1. The molecule has 0 spiro atoms. The fraction of sp³-hybridized carbons (Fsp3) is 0.111. The standard InChI is InChI=1S/C18H14BrN5O/c1-12-3-2-4-15(9-12)24-17-16(21-22-24)18(25)23(11-20-17)10-13-5-7-14(19)8-6-13/h2-9,11H,10H2,1H3. The average Bonchev–Trinajstić information content (AvgIpc) is 3.04. The summed E-state index contributed by atoms with van der Waals surface area (Å²) in [5.74, 6) is 0. The van der Waals surface area contributed by atoms with Gasteiger partial charge in [-0.2, -0.15) is 4.68 Å². The van der Waals surface area contributed by atoms with Gasteiger partial charge < -0.3 is 0 Å². The molecule has 0 aliphatic heterocycles. The minimum absolute atomic E-state index is 0.202. The van der Waals surface area contributed by atoms with Crippen molar-refractivity contribution in [1.29, 1.82) is 0 Å². The van der Waals surface area contributed by atoms with Crippen molar-refractivity contribution in [1.82, 2.24) is 24.5 Å². The number of halogens is 1. The number of hydrogen-bond acceptors (Lipinski definition) is 4. The number of aryl methyl sites for hydroxylation is 1. The van der Waals surface area contributed by atoms with E-state index in [0.717, 1.165) is 21.3 Å². The number of nitrogens with zero attached hydrogens (tertiary/aromatic N) is 5. The zero-order valence-corrected chi connectivity index (χ0v) is 15.0. The highest BCUT2D eigenvalue weighted by atomic mass is 79.9. The zero-order chi connectivity index (χ0) is 17.4. The van der Waals surface area contributed by atoms with E-state index in [1.54, 1.807) is 15.6 Å². The second-order valence-electron chi connectivity index (χ2n) is 5.82. The topological polar surface area (TPSA) is 65.6 Å². The lowest BCUT2D eigenvalue weighted by Crippen LogP contribution is -2.21. The summed E-state index contributed by atoms with van der Waals surface area (Å²) in [4.78, 5) is 17.1. The van der Waals surface area contributed by atoms with Crippen LogP contribution in [0.3, 0.4) is 0 Å². The summed E-state index contributed by atoms with van der Waals surface area (Å²) >= 11 is 3.41. The van der Waals surface area contributed by atoms with Gasteiger partial charge in [-0.05, 0) is 42.3 Å². The third-order valence-corrected chi connectivity index (χ3v) is 4.47. The SMILES string of the molecule is Cc1cccc(-n2nnc3c(=O)n(Cc4ccc(Br)cc4)cnc32)c1. The molecule has 0 aliphatic carbocycles. The van der Waals surface area contributed by atoms with E-state index >= 15 is 0 Å². The number of benzene rings is 2. The molecule has 0 amide bonds. The molecule has 0 saturated carbocycles. The smallest absolute Gasteiger partial charge is 0.283 e. The molecule has 0 atom stereocenters. The fourth-order valence-electron chi connectivity index (χ4n) is 2.68. The Morgan fingerprint density at radius 1 is 1.12 bits per heavy atom. The molecule has 0 bridgehead atoms. The second kappa shape index (κ2) is 6.25. The first-order valence-corrected chi connectivity index (χ1v) is 8.53. The van der Waals surface area contributed by atoms with Crippen LogP contribution in [0, 0.1) is 6.92 Å². The van der Waals surface area contributed by atoms with Crippen LogP contribution in [0.5, 0.6) is 0 Å². The molecule has 0 saturated heterocycles. The average molecular weight is 396 g/mol. The summed E-state index contributed by atoms with van der Waals surface area (Å²) < 4.78 is 4.13. The first-order valence-electron chi connectivity index (χ1n) is 7.74. The molecule has 25 heavy (non-hydrogen) atoms. The van der Waals surface area contributed by atoms with E-state index in [1.807, 2.05) is 55.5 Å². The predicted molar refractivity (Wildman–Crippen MR) is 98.9 cm³/mol. The molecule has 0 unspecified atom stereocenters. The molecule has 0 fully saturated rings. The van der Waals surface area contributed by atoms with Gasteiger partial charge in [0.1, 0.15) is 6.33 Å². The van der Waals surface area contributed by atoms with Gasteiger partial charge in [0.25, 0.3) is 5.56 Å². The highest BCUT2D eigenvalue weighted by Crippen LogP contribution is 2.14. The van der Waals surface area contributed by atoms with Crippen molar-refractivity contribution in [3.63, 3.8) is 0 Å². The Labute approximate surface area is 151 Å². The van der Waals surface area contributed by atoms with E-state index in [-0.39, 0.29) is 11.1 Å². The summed E-state index contributed by atoms with van der Waals surface area (Å²) in [6, 6.07) is 15.6. The summed E-state index contributed by atoms with van der Waals surface area (Å²) in [6.07, 6.45) is 1.54. The van der Waals surface area contributed by atoms with Gasteiger partial charge in [-0.25, -0.2) is 4.98 Å². The fourth-order valence-corrected chi connectivity index (χ4v) is 2.94. The summed E-state index contributed by atoms with van der Waals surface area (Å²) in [6.45, 7) is 2.44. The van der Waals surface area contributed by atoms with Gasteiger partial charge in [0.15, 0.2) is 11.2 Å². The van der Waals surface area contributed by atoms with Crippen molar-refractivity contribution in [2.75, 3.05) is 0 Å². The number of aromatic nitrogens is 5. The summed E-state index contributed by atoms with van der Waals surface area (Å²) in [5.41, 5.74) is 3.47.